The molecule has 2 nitrogen and oxygen atoms in total. The monoisotopic (exact) mass is 454 g/mol. The number of halogens is 1. The molecule has 3 heteroatoms. The van der Waals surface area contributed by atoms with Gasteiger partial charge in [0.15, 0.2) is 5.78 Å². The summed E-state index contributed by atoms with van der Waals surface area (Å²) in [6.07, 6.45) is 0. The van der Waals surface area contributed by atoms with E-state index in [-0.39, 0.29) is 5.78 Å². The van der Waals surface area contributed by atoms with Gasteiger partial charge in [0, 0.05) is 4.47 Å². The molecule has 0 saturated heterocycles. The summed E-state index contributed by atoms with van der Waals surface area (Å²) in [6.45, 7) is 1.57. The van der Waals surface area contributed by atoms with Crippen LogP contribution in [0.15, 0.2) is 83.3 Å². The first-order valence-electron chi connectivity index (χ1n) is 9.80. The molecule has 5 rings (SSSR count). The summed E-state index contributed by atoms with van der Waals surface area (Å²) in [5.74, 6) is 0.596. The number of rotatable bonds is 3. The molecule has 0 aliphatic heterocycles. The average molecular weight is 455 g/mol. The third kappa shape index (κ3) is 2.89. The van der Waals surface area contributed by atoms with Crippen LogP contribution >= 0.6 is 15.9 Å². The normalized spacial score (nSPS) is 11.3. The van der Waals surface area contributed by atoms with Crippen molar-refractivity contribution >= 4 is 54.0 Å². The first kappa shape index (κ1) is 18.8. The van der Waals surface area contributed by atoms with E-state index in [1.165, 1.54) is 26.9 Å². The van der Waals surface area contributed by atoms with Crippen molar-refractivity contribution in [3.63, 3.8) is 0 Å². The van der Waals surface area contributed by atoms with Crippen LogP contribution < -0.4 is 4.74 Å². The van der Waals surface area contributed by atoms with E-state index in [4.69, 9.17) is 4.74 Å². The number of Topliss-reactive ketones (excluding diaryl/α,β-unsaturated/α-hetero) is 1. The van der Waals surface area contributed by atoms with E-state index in [2.05, 4.69) is 76.6 Å². The Kier molecular flexibility index (Phi) is 4.56. The molecule has 5 aromatic rings. The standard InChI is InChI=1S/C27H19BrO2/c1-16(29)22-13-17(11-12-27(22)30-2)23-14-24-20-9-5-6-10-21(20)26(28)15-25(24)19-8-4-3-7-18(19)23/h3-15H,1-2H3. The van der Waals surface area contributed by atoms with Gasteiger partial charge in [-0.15, -0.1) is 0 Å². The van der Waals surface area contributed by atoms with Crippen molar-refractivity contribution in [1.29, 1.82) is 0 Å². The molecule has 0 spiro atoms. The maximum absolute atomic E-state index is 12.2. The molecule has 0 heterocycles. The number of ether oxygens (including phenoxy) is 1. The maximum atomic E-state index is 12.2. The van der Waals surface area contributed by atoms with Crippen molar-refractivity contribution in [3.8, 4) is 16.9 Å². The fourth-order valence-electron chi connectivity index (χ4n) is 4.30. The minimum atomic E-state index is -0.00632. The fourth-order valence-corrected chi connectivity index (χ4v) is 4.87. The highest BCUT2D eigenvalue weighted by Gasteiger charge is 2.15. The predicted molar refractivity (Wildman–Crippen MR) is 129 cm³/mol. The highest BCUT2D eigenvalue weighted by atomic mass is 79.9. The van der Waals surface area contributed by atoms with E-state index >= 15 is 0 Å². The fraction of sp³-hybridized carbons (Fsp3) is 0.0741. The average Bonchev–Trinajstić information content (AvgIpc) is 2.78. The lowest BCUT2D eigenvalue weighted by molar-refractivity contribution is 0.101. The highest BCUT2D eigenvalue weighted by molar-refractivity contribution is 9.10. The van der Waals surface area contributed by atoms with Crippen molar-refractivity contribution in [2.45, 2.75) is 6.92 Å². The molecule has 0 radical (unpaired) electrons. The first-order valence-corrected chi connectivity index (χ1v) is 10.6. The molecular weight excluding hydrogens is 436 g/mol. The SMILES string of the molecule is COc1ccc(-c2cc3c4ccccc4c(Br)cc3c3ccccc23)cc1C(C)=O. The van der Waals surface area contributed by atoms with Gasteiger partial charge in [-0.25, -0.2) is 0 Å². The Labute approximate surface area is 183 Å². The summed E-state index contributed by atoms with van der Waals surface area (Å²) < 4.78 is 6.49. The van der Waals surface area contributed by atoms with Gasteiger partial charge in [-0.1, -0.05) is 70.5 Å². The zero-order valence-electron chi connectivity index (χ0n) is 16.7. The molecule has 0 fully saturated rings. The largest absolute Gasteiger partial charge is 0.496 e. The van der Waals surface area contributed by atoms with Gasteiger partial charge in [0.25, 0.3) is 0 Å². The van der Waals surface area contributed by atoms with E-state index in [1.807, 2.05) is 18.2 Å². The number of benzene rings is 5. The van der Waals surface area contributed by atoms with Gasteiger partial charge < -0.3 is 4.74 Å². The van der Waals surface area contributed by atoms with Crippen LogP contribution in [-0.2, 0) is 0 Å². The molecule has 5 aromatic carbocycles. The van der Waals surface area contributed by atoms with Gasteiger partial charge in [-0.05, 0) is 74.6 Å². The van der Waals surface area contributed by atoms with Crippen LogP contribution in [0.25, 0.3) is 43.4 Å². The van der Waals surface area contributed by atoms with Gasteiger partial charge in [0.2, 0.25) is 0 Å². The van der Waals surface area contributed by atoms with Crippen LogP contribution in [0.4, 0.5) is 0 Å². The third-order valence-corrected chi connectivity index (χ3v) is 6.38. The Hall–Kier alpha value is -3.17. The van der Waals surface area contributed by atoms with Gasteiger partial charge in [-0.2, -0.15) is 0 Å². The van der Waals surface area contributed by atoms with E-state index in [1.54, 1.807) is 14.0 Å². The number of methoxy groups -OCH3 is 1. The van der Waals surface area contributed by atoms with Gasteiger partial charge in [-0.3, -0.25) is 4.79 Å². The first-order chi connectivity index (χ1) is 14.6. The highest BCUT2D eigenvalue weighted by Crippen LogP contribution is 2.41. The Bertz CT molecular complexity index is 1470. The molecule has 0 atom stereocenters. The minimum Gasteiger partial charge on any atom is -0.496 e. The lowest BCUT2D eigenvalue weighted by Gasteiger charge is -2.15. The van der Waals surface area contributed by atoms with Crippen LogP contribution in [0.1, 0.15) is 17.3 Å². The number of carbonyl (C=O) groups excluding carboxylic acids is 1. The summed E-state index contributed by atoms with van der Waals surface area (Å²) in [5, 5.41) is 7.14. The van der Waals surface area contributed by atoms with Crippen molar-refractivity contribution in [1.82, 2.24) is 0 Å². The van der Waals surface area contributed by atoms with Crippen molar-refractivity contribution < 1.29 is 9.53 Å². The molecule has 0 aromatic heterocycles. The molecule has 0 saturated carbocycles. The second-order valence-corrected chi connectivity index (χ2v) is 8.29. The molecule has 0 unspecified atom stereocenters. The number of fused-ring (bicyclic) bond motifs is 5. The third-order valence-electron chi connectivity index (χ3n) is 5.72. The maximum Gasteiger partial charge on any atom is 0.163 e. The van der Waals surface area contributed by atoms with Crippen molar-refractivity contribution in [3.05, 3.63) is 88.9 Å². The van der Waals surface area contributed by atoms with Crippen LogP contribution in [0.2, 0.25) is 0 Å². The number of ketones is 1. The molecule has 0 amide bonds. The second-order valence-electron chi connectivity index (χ2n) is 7.44. The van der Waals surface area contributed by atoms with Crippen molar-refractivity contribution in [2.75, 3.05) is 7.11 Å². The predicted octanol–water partition coefficient (Wildman–Crippen LogP) is 7.79. The van der Waals surface area contributed by atoms with Crippen LogP contribution in [0, 0.1) is 0 Å². The lowest BCUT2D eigenvalue weighted by atomic mass is 9.90. The van der Waals surface area contributed by atoms with Crippen LogP contribution in [-0.4, -0.2) is 12.9 Å². The van der Waals surface area contributed by atoms with Gasteiger partial charge in [0.1, 0.15) is 5.75 Å². The number of hydrogen-bond acceptors (Lipinski definition) is 2. The molecule has 0 aliphatic carbocycles. The summed E-state index contributed by atoms with van der Waals surface area (Å²) in [5.41, 5.74) is 2.71. The summed E-state index contributed by atoms with van der Waals surface area (Å²) in [4.78, 5) is 12.2. The topological polar surface area (TPSA) is 26.3 Å². The number of hydrogen-bond donors (Lipinski definition) is 0. The Morgan fingerprint density at radius 1 is 0.733 bits per heavy atom. The zero-order chi connectivity index (χ0) is 20.8. The lowest BCUT2D eigenvalue weighted by Crippen LogP contribution is -1.98. The Morgan fingerprint density at radius 2 is 1.33 bits per heavy atom. The minimum absolute atomic E-state index is 0.00632. The second kappa shape index (κ2) is 7.26. The molecule has 30 heavy (non-hydrogen) atoms. The van der Waals surface area contributed by atoms with Crippen molar-refractivity contribution in [2.24, 2.45) is 0 Å². The molecular formula is C27H19BrO2. The van der Waals surface area contributed by atoms with Crippen LogP contribution in [0.5, 0.6) is 5.75 Å². The van der Waals surface area contributed by atoms with Gasteiger partial charge >= 0.3 is 0 Å². The van der Waals surface area contributed by atoms with E-state index in [9.17, 15) is 4.79 Å². The van der Waals surface area contributed by atoms with E-state index in [0.717, 1.165) is 21.0 Å². The summed E-state index contributed by atoms with van der Waals surface area (Å²) in [6, 6.07) is 27.2. The molecule has 0 aliphatic rings. The van der Waals surface area contributed by atoms with E-state index < -0.39 is 0 Å². The molecule has 146 valence electrons. The number of carbonyl (C=O) groups is 1. The Balaban J connectivity index is 1.93. The van der Waals surface area contributed by atoms with E-state index in [0.29, 0.717) is 11.3 Å². The summed E-state index contributed by atoms with van der Waals surface area (Å²) >= 11 is 3.76. The smallest absolute Gasteiger partial charge is 0.163 e. The Morgan fingerprint density at radius 3 is 2.00 bits per heavy atom. The van der Waals surface area contributed by atoms with Gasteiger partial charge in [0.05, 0.1) is 12.7 Å². The quantitative estimate of drug-likeness (QED) is 0.205. The zero-order valence-corrected chi connectivity index (χ0v) is 18.3. The molecule has 0 N–H and O–H groups in total. The summed E-state index contributed by atoms with van der Waals surface area (Å²) in [7, 11) is 1.59. The molecule has 0 bridgehead atoms. The van der Waals surface area contributed by atoms with Crippen LogP contribution in [0.3, 0.4) is 0 Å².